The van der Waals surface area contributed by atoms with E-state index >= 15 is 0 Å². The molecule has 38 heavy (non-hydrogen) atoms. The Bertz CT molecular complexity index is 1070. The van der Waals surface area contributed by atoms with Gasteiger partial charge in [0, 0.05) is 12.2 Å². The number of aliphatic carboxylic acids is 2. The van der Waals surface area contributed by atoms with E-state index in [-0.39, 0.29) is 42.3 Å². The number of esters is 1. The predicted octanol–water partition coefficient (Wildman–Crippen LogP) is 1.18. The Balaban J connectivity index is 1.56. The molecule has 0 spiro atoms. The highest BCUT2D eigenvalue weighted by Gasteiger charge is 2.58. The zero-order valence-corrected chi connectivity index (χ0v) is 22.1. The molecule has 0 saturated heterocycles. The van der Waals surface area contributed by atoms with E-state index in [1.54, 1.807) is 0 Å². The maximum Gasteiger partial charge on any atom is 0.322 e. The minimum atomic E-state index is -1.23. The smallest absolute Gasteiger partial charge is 0.322 e. The van der Waals surface area contributed by atoms with Crippen molar-refractivity contribution in [2.45, 2.75) is 68.7 Å². The maximum absolute atomic E-state index is 12.9. The van der Waals surface area contributed by atoms with Crippen LogP contribution in [0.3, 0.4) is 0 Å². The summed E-state index contributed by atoms with van der Waals surface area (Å²) in [6.07, 6.45) is 8.24. The molecule has 6 N–H and O–H groups in total. The lowest BCUT2D eigenvalue weighted by Gasteiger charge is -2.51. The van der Waals surface area contributed by atoms with Crippen molar-refractivity contribution in [1.29, 1.82) is 0 Å². The fourth-order valence-electron chi connectivity index (χ4n) is 6.23. The zero-order chi connectivity index (χ0) is 27.6. The Morgan fingerprint density at radius 1 is 1.26 bits per heavy atom. The Hall–Kier alpha value is -2.86. The summed E-state index contributed by atoms with van der Waals surface area (Å²) in [7, 11) is 0. The second-order valence-electron chi connectivity index (χ2n) is 10.8. The molecule has 0 aromatic carbocycles. The van der Waals surface area contributed by atoms with E-state index in [0.29, 0.717) is 5.92 Å². The number of rotatable bonds is 11. The third kappa shape index (κ3) is 5.75. The van der Waals surface area contributed by atoms with E-state index in [2.05, 4.69) is 23.6 Å². The Kier molecular flexibility index (Phi) is 8.51. The molecule has 3 aliphatic carbocycles. The topological polar surface area (TPSA) is 185 Å². The summed E-state index contributed by atoms with van der Waals surface area (Å²) in [5, 5.41) is 23.0. The quantitative estimate of drug-likeness (QED) is 0.185. The third-order valence-electron chi connectivity index (χ3n) is 8.09. The van der Waals surface area contributed by atoms with E-state index in [0.717, 1.165) is 43.4 Å². The molecule has 0 aromatic rings. The van der Waals surface area contributed by atoms with Crippen molar-refractivity contribution in [3.63, 3.8) is 0 Å². The van der Waals surface area contributed by atoms with Gasteiger partial charge in [0.2, 0.25) is 11.8 Å². The van der Waals surface area contributed by atoms with Gasteiger partial charge in [-0.2, -0.15) is 0 Å². The van der Waals surface area contributed by atoms with Gasteiger partial charge < -0.3 is 31.3 Å². The highest BCUT2D eigenvalue weighted by atomic mass is 32.2. The van der Waals surface area contributed by atoms with Crippen molar-refractivity contribution in [3.05, 3.63) is 23.5 Å². The lowest BCUT2D eigenvalue weighted by atomic mass is 9.62. The lowest BCUT2D eigenvalue weighted by Crippen LogP contribution is -2.52. The predicted molar refractivity (Wildman–Crippen MR) is 138 cm³/mol. The van der Waals surface area contributed by atoms with Crippen molar-refractivity contribution in [1.82, 2.24) is 10.6 Å². The van der Waals surface area contributed by atoms with Gasteiger partial charge in [-0.15, -0.1) is 11.8 Å². The number of fused-ring (bicyclic) bond motifs is 2. The third-order valence-corrected chi connectivity index (χ3v) is 9.79. The molecule has 12 heteroatoms. The number of nitrogens with one attached hydrogen (secondary N) is 2. The number of hydrogen-bond acceptors (Lipinski definition) is 8. The normalized spacial score (nSPS) is 30.9. The molecule has 4 aliphatic rings. The van der Waals surface area contributed by atoms with Gasteiger partial charge in [-0.25, -0.2) is 0 Å². The molecule has 0 bridgehead atoms. The number of thioether (sulfide) groups is 1. The molecule has 208 valence electrons. The molecule has 7 unspecified atom stereocenters. The first-order chi connectivity index (χ1) is 18.0. The van der Waals surface area contributed by atoms with Gasteiger partial charge in [0.25, 0.3) is 0 Å². The van der Waals surface area contributed by atoms with Gasteiger partial charge in [-0.1, -0.05) is 25.5 Å². The van der Waals surface area contributed by atoms with Crippen LogP contribution in [0.25, 0.3) is 0 Å². The number of hydrogen-bond donors (Lipinski definition) is 5. The first kappa shape index (κ1) is 28.2. The van der Waals surface area contributed by atoms with Crippen LogP contribution in [0.5, 0.6) is 0 Å². The number of ether oxygens (including phenoxy) is 1. The Morgan fingerprint density at radius 2 is 2.03 bits per heavy atom. The van der Waals surface area contributed by atoms with Gasteiger partial charge in [0.05, 0.1) is 4.75 Å². The van der Waals surface area contributed by atoms with Crippen LogP contribution in [-0.4, -0.2) is 69.1 Å². The molecular weight excluding hydrogens is 514 g/mol. The molecule has 0 radical (unpaired) electrons. The summed E-state index contributed by atoms with van der Waals surface area (Å²) < 4.78 is 5.45. The number of amides is 2. The SMILES string of the molecule is CC1CCC2CC3CC=CC4C(=O)OC(=C34)C2(SCC(NC(=O)CCC(N)C(=O)O)C(=O)NCC(=O)O)C1. The molecule has 1 aliphatic heterocycles. The number of carboxylic acid groups (broad SMARTS) is 2. The van der Waals surface area contributed by atoms with Crippen LogP contribution in [0.4, 0.5) is 0 Å². The molecule has 4 rings (SSSR count). The summed E-state index contributed by atoms with van der Waals surface area (Å²) in [6.45, 7) is 1.56. The van der Waals surface area contributed by atoms with Crippen molar-refractivity contribution in [3.8, 4) is 0 Å². The first-order valence-electron chi connectivity index (χ1n) is 13.1. The summed E-state index contributed by atoms with van der Waals surface area (Å²) in [6, 6.07) is -2.28. The minimum absolute atomic E-state index is 0.107. The second-order valence-corrected chi connectivity index (χ2v) is 12.1. The summed E-state index contributed by atoms with van der Waals surface area (Å²) in [4.78, 5) is 60.4. The van der Waals surface area contributed by atoms with E-state index in [9.17, 15) is 24.0 Å². The highest BCUT2D eigenvalue weighted by Crippen LogP contribution is 2.61. The maximum atomic E-state index is 12.9. The number of allylic oxidation sites excluding steroid dienone is 1. The fourth-order valence-corrected chi connectivity index (χ4v) is 8.07. The Morgan fingerprint density at radius 3 is 2.74 bits per heavy atom. The van der Waals surface area contributed by atoms with Crippen LogP contribution in [0.15, 0.2) is 23.5 Å². The van der Waals surface area contributed by atoms with E-state index in [1.165, 1.54) is 11.8 Å². The van der Waals surface area contributed by atoms with Crippen molar-refractivity contribution in [2.75, 3.05) is 12.3 Å². The van der Waals surface area contributed by atoms with Crippen molar-refractivity contribution < 1.29 is 38.9 Å². The average Bonchev–Trinajstić information content (AvgIpc) is 3.22. The molecular formula is C26H35N3O8S. The lowest BCUT2D eigenvalue weighted by molar-refractivity contribution is -0.140. The summed E-state index contributed by atoms with van der Waals surface area (Å²) in [5.74, 6) is -2.59. The molecule has 1 fully saturated rings. The van der Waals surface area contributed by atoms with Gasteiger partial charge in [0.1, 0.15) is 30.3 Å². The number of carbonyl (C=O) groups excluding carboxylic acids is 3. The van der Waals surface area contributed by atoms with Gasteiger partial charge >= 0.3 is 17.9 Å². The largest absolute Gasteiger partial charge is 0.480 e. The van der Waals surface area contributed by atoms with E-state index in [1.807, 2.05) is 6.08 Å². The number of nitrogens with two attached hydrogens (primary N) is 1. The molecule has 2 amide bonds. The molecule has 11 nitrogen and oxygen atoms in total. The van der Waals surface area contributed by atoms with Gasteiger partial charge in [-0.3, -0.25) is 24.0 Å². The molecule has 7 atom stereocenters. The minimum Gasteiger partial charge on any atom is -0.480 e. The van der Waals surface area contributed by atoms with Crippen LogP contribution >= 0.6 is 11.8 Å². The van der Waals surface area contributed by atoms with Crippen molar-refractivity contribution >= 4 is 41.5 Å². The van der Waals surface area contributed by atoms with Crippen LogP contribution in [0, 0.1) is 23.7 Å². The van der Waals surface area contributed by atoms with E-state index < -0.39 is 47.1 Å². The molecule has 0 aromatic heterocycles. The Labute approximate surface area is 225 Å². The fraction of sp³-hybridized carbons (Fsp3) is 0.654. The van der Waals surface area contributed by atoms with E-state index in [4.69, 9.17) is 20.7 Å². The number of carboxylic acids is 2. The average molecular weight is 550 g/mol. The standard InChI is InChI=1S/C26H35N3O8S/c1-13-5-6-15-9-14-3-2-4-16-21(14)22(37-25(16)36)26(15,10-13)38-12-18(23(33)28-11-20(31)32)29-19(30)8-7-17(27)24(34)35/h2,4,13-18H,3,5-12,27H2,1H3,(H,28,33)(H,29,30)(H,31,32)(H,34,35). The zero-order valence-electron chi connectivity index (χ0n) is 21.3. The second kappa shape index (κ2) is 11.5. The van der Waals surface area contributed by atoms with Gasteiger partial charge in [0.15, 0.2) is 0 Å². The van der Waals surface area contributed by atoms with Gasteiger partial charge in [-0.05, 0) is 55.4 Å². The van der Waals surface area contributed by atoms with Crippen LogP contribution in [-0.2, 0) is 28.7 Å². The molecule has 1 saturated carbocycles. The first-order valence-corrected chi connectivity index (χ1v) is 14.0. The van der Waals surface area contributed by atoms with Crippen LogP contribution in [0.2, 0.25) is 0 Å². The van der Waals surface area contributed by atoms with Crippen LogP contribution < -0.4 is 16.4 Å². The summed E-state index contributed by atoms with van der Waals surface area (Å²) in [5.41, 5.74) is 6.55. The van der Waals surface area contributed by atoms with Crippen molar-refractivity contribution in [2.24, 2.45) is 29.4 Å². The highest BCUT2D eigenvalue weighted by molar-refractivity contribution is 8.01. The summed E-state index contributed by atoms with van der Waals surface area (Å²) >= 11 is 1.49. The monoisotopic (exact) mass is 549 g/mol. The number of carbonyl (C=O) groups is 5. The molecule has 1 heterocycles. The van der Waals surface area contributed by atoms with Crippen LogP contribution in [0.1, 0.15) is 51.9 Å².